The lowest BCUT2D eigenvalue weighted by atomic mass is 10.1. The number of pyridine rings is 1. The van der Waals surface area contributed by atoms with Gasteiger partial charge in [-0.15, -0.1) is 5.10 Å². The average Bonchev–Trinajstić information content (AvgIpc) is 3.41. The number of tetrazole rings is 1. The molecule has 1 aromatic carbocycles. The van der Waals surface area contributed by atoms with E-state index in [0.717, 1.165) is 0 Å². The Morgan fingerprint density at radius 1 is 1.32 bits per heavy atom. The first-order valence-electron chi connectivity index (χ1n) is 10.7. The summed E-state index contributed by atoms with van der Waals surface area (Å²) in [6.45, 7) is 4.13. The van der Waals surface area contributed by atoms with Gasteiger partial charge in [0.1, 0.15) is 17.3 Å². The third-order valence-electron chi connectivity index (χ3n) is 5.46. The number of fused-ring (bicyclic) bond motifs is 1. The Hall–Kier alpha value is -3.42. The number of aromatic nitrogens is 5. The SMILES string of the molecule is CCCN1Cc2cc(OC)c(C(=O)Nc3cccc(-c4nnnn4[C@H](C)CO)n3)cc2S1(=O)=O. The molecule has 2 N–H and O–H groups in total. The molecule has 1 atom stereocenters. The van der Waals surface area contributed by atoms with Crippen molar-refractivity contribution in [3.05, 3.63) is 41.5 Å². The van der Waals surface area contributed by atoms with Crippen LogP contribution in [0.25, 0.3) is 11.5 Å². The van der Waals surface area contributed by atoms with Crippen LogP contribution in [0.4, 0.5) is 5.82 Å². The number of aliphatic hydroxyl groups is 1. The fraction of sp³-hybridized carbons (Fsp3) is 0.381. The van der Waals surface area contributed by atoms with Crippen molar-refractivity contribution in [3.8, 4) is 17.3 Å². The second-order valence-corrected chi connectivity index (χ2v) is 9.75. The molecule has 0 spiro atoms. The Morgan fingerprint density at radius 2 is 2.12 bits per heavy atom. The molecule has 0 radical (unpaired) electrons. The third kappa shape index (κ3) is 4.24. The van der Waals surface area contributed by atoms with Gasteiger partial charge in [0.05, 0.1) is 30.2 Å². The van der Waals surface area contributed by atoms with Crippen LogP contribution >= 0.6 is 0 Å². The number of carbonyl (C=O) groups excluding carboxylic acids is 1. The summed E-state index contributed by atoms with van der Waals surface area (Å²) in [7, 11) is -2.25. The number of rotatable bonds is 8. The Balaban J connectivity index is 1.64. The molecule has 12 nitrogen and oxygen atoms in total. The van der Waals surface area contributed by atoms with Crippen LogP contribution in [0.1, 0.15) is 42.2 Å². The fourth-order valence-corrected chi connectivity index (χ4v) is 5.46. The lowest BCUT2D eigenvalue weighted by Crippen LogP contribution is -2.25. The molecule has 3 aromatic rings. The summed E-state index contributed by atoms with van der Waals surface area (Å²) < 4.78 is 34.0. The van der Waals surface area contributed by atoms with Crippen LogP contribution in [0.2, 0.25) is 0 Å². The third-order valence-corrected chi connectivity index (χ3v) is 7.39. The normalized spacial score (nSPS) is 15.6. The summed E-state index contributed by atoms with van der Waals surface area (Å²) in [5, 5.41) is 23.6. The fourth-order valence-electron chi connectivity index (χ4n) is 3.72. The Bertz CT molecular complexity index is 1320. The van der Waals surface area contributed by atoms with E-state index in [9.17, 15) is 18.3 Å². The minimum atomic E-state index is -3.68. The van der Waals surface area contributed by atoms with Crippen molar-refractivity contribution in [1.29, 1.82) is 0 Å². The summed E-state index contributed by atoms with van der Waals surface area (Å²) in [6, 6.07) is 7.51. The number of amides is 1. The summed E-state index contributed by atoms with van der Waals surface area (Å²) in [6.07, 6.45) is 0.681. The predicted molar refractivity (Wildman–Crippen MR) is 122 cm³/mol. The van der Waals surface area contributed by atoms with Gasteiger partial charge in [-0.25, -0.2) is 18.1 Å². The first kappa shape index (κ1) is 23.7. The summed E-state index contributed by atoms with van der Waals surface area (Å²) in [5.41, 5.74) is 1.06. The van der Waals surface area contributed by atoms with Crippen LogP contribution in [0.3, 0.4) is 0 Å². The van der Waals surface area contributed by atoms with E-state index in [1.54, 1.807) is 31.2 Å². The van der Waals surface area contributed by atoms with Crippen LogP contribution in [0.5, 0.6) is 5.75 Å². The molecule has 0 saturated carbocycles. The van der Waals surface area contributed by atoms with E-state index in [-0.39, 0.29) is 41.2 Å². The van der Waals surface area contributed by atoms with Gasteiger partial charge in [0.15, 0.2) is 0 Å². The number of ether oxygens (including phenoxy) is 1. The van der Waals surface area contributed by atoms with E-state index >= 15 is 0 Å². The smallest absolute Gasteiger partial charge is 0.260 e. The van der Waals surface area contributed by atoms with Crippen molar-refractivity contribution < 1.29 is 23.1 Å². The summed E-state index contributed by atoms with van der Waals surface area (Å²) >= 11 is 0. The molecule has 1 aliphatic rings. The van der Waals surface area contributed by atoms with E-state index < -0.39 is 15.9 Å². The number of nitrogens with one attached hydrogen (secondary N) is 1. The highest BCUT2D eigenvalue weighted by molar-refractivity contribution is 7.89. The van der Waals surface area contributed by atoms with Crippen molar-refractivity contribution in [2.24, 2.45) is 0 Å². The number of sulfonamides is 1. The number of hydrogen-bond acceptors (Lipinski definition) is 9. The largest absolute Gasteiger partial charge is 0.496 e. The maximum absolute atomic E-state index is 13.1. The molecule has 1 aliphatic heterocycles. The average molecular weight is 488 g/mol. The molecular weight excluding hydrogens is 462 g/mol. The Kier molecular flexibility index (Phi) is 6.59. The number of anilines is 1. The minimum Gasteiger partial charge on any atom is -0.496 e. The van der Waals surface area contributed by atoms with E-state index in [1.807, 2.05) is 6.92 Å². The molecular formula is C21H25N7O5S. The van der Waals surface area contributed by atoms with Crippen molar-refractivity contribution in [2.45, 2.75) is 37.8 Å². The Morgan fingerprint density at radius 3 is 2.82 bits per heavy atom. The number of nitrogens with zero attached hydrogens (tertiary/aromatic N) is 6. The zero-order valence-electron chi connectivity index (χ0n) is 19.0. The quantitative estimate of drug-likeness (QED) is 0.481. The highest BCUT2D eigenvalue weighted by atomic mass is 32.2. The molecule has 0 saturated heterocycles. The van der Waals surface area contributed by atoms with Crippen LogP contribution in [0, 0.1) is 0 Å². The highest BCUT2D eigenvalue weighted by Gasteiger charge is 2.36. The molecule has 3 heterocycles. The Labute approximate surface area is 196 Å². The minimum absolute atomic E-state index is 0.0779. The van der Waals surface area contributed by atoms with Crippen LogP contribution in [-0.4, -0.2) is 69.2 Å². The zero-order valence-corrected chi connectivity index (χ0v) is 19.8. The maximum Gasteiger partial charge on any atom is 0.260 e. The van der Waals surface area contributed by atoms with E-state index in [2.05, 4.69) is 25.8 Å². The number of benzene rings is 1. The van der Waals surface area contributed by atoms with Gasteiger partial charge in [0.2, 0.25) is 15.8 Å². The van der Waals surface area contributed by atoms with Gasteiger partial charge in [0.25, 0.3) is 5.91 Å². The van der Waals surface area contributed by atoms with Crippen molar-refractivity contribution in [1.82, 2.24) is 29.5 Å². The van der Waals surface area contributed by atoms with Crippen LogP contribution in [-0.2, 0) is 16.6 Å². The van der Waals surface area contributed by atoms with E-state index in [0.29, 0.717) is 30.0 Å². The van der Waals surface area contributed by atoms with Crippen molar-refractivity contribution in [3.63, 3.8) is 0 Å². The van der Waals surface area contributed by atoms with Gasteiger partial charge in [-0.2, -0.15) is 4.31 Å². The van der Waals surface area contributed by atoms with Gasteiger partial charge in [0, 0.05) is 13.1 Å². The van der Waals surface area contributed by atoms with Gasteiger partial charge >= 0.3 is 0 Å². The lowest BCUT2D eigenvalue weighted by Gasteiger charge is -2.13. The first-order valence-corrected chi connectivity index (χ1v) is 12.1. The number of carbonyl (C=O) groups is 1. The van der Waals surface area contributed by atoms with Crippen molar-refractivity contribution in [2.75, 3.05) is 25.6 Å². The molecule has 34 heavy (non-hydrogen) atoms. The van der Waals surface area contributed by atoms with Gasteiger partial charge in [-0.3, -0.25) is 4.79 Å². The van der Waals surface area contributed by atoms with E-state index in [4.69, 9.17) is 4.74 Å². The molecule has 180 valence electrons. The van der Waals surface area contributed by atoms with Crippen molar-refractivity contribution >= 4 is 21.7 Å². The maximum atomic E-state index is 13.1. The van der Waals surface area contributed by atoms with Gasteiger partial charge in [-0.05, 0) is 53.6 Å². The lowest BCUT2D eigenvalue weighted by molar-refractivity contribution is 0.102. The van der Waals surface area contributed by atoms with Crippen LogP contribution in [0.15, 0.2) is 35.2 Å². The molecule has 0 bridgehead atoms. The molecule has 2 aromatic heterocycles. The molecule has 0 aliphatic carbocycles. The monoisotopic (exact) mass is 487 g/mol. The molecule has 4 rings (SSSR count). The predicted octanol–water partition coefficient (Wildman–Crippen LogP) is 1.46. The standard InChI is InChI=1S/C21H25N7O5S/c1-4-8-27-11-14-9-17(33-3)15(10-18(14)34(27,31)32)21(30)23-19-7-5-6-16(22-19)20-24-25-26-28(20)13(2)12-29/h5-7,9-10,13,29H,4,8,11-12H2,1-3H3,(H,22,23,30)/t13-/m1/s1. The van der Waals surface area contributed by atoms with Gasteiger partial charge in [-0.1, -0.05) is 13.0 Å². The highest BCUT2D eigenvalue weighted by Crippen LogP contribution is 2.35. The van der Waals surface area contributed by atoms with E-state index in [1.165, 1.54) is 22.2 Å². The first-order chi connectivity index (χ1) is 16.3. The van der Waals surface area contributed by atoms with Gasteiger partial charge < -0.3 is 15.2 Å². The zero-order chi connectivity index (χ0) is 24.5. The van der Waals surface area contributed by atoms with Crippen LogP contribution < -0.4 is 10.1 Å². The summed E-state index contributed by atoms with van der Waals surface area (Å²) in [4.78, 5) is 17.6. The number of methoxy groups -OCH3 is 1. The molecule has 0 fully saturated rings. The molecule has 0 unspecified atom stereocenters. The molecule has 1 amide bonds. The summed E-state index contributed by atoms with van der Waals surface area (Å²) in [5.74, 6) is 0.236. The number of aliphatic hydroxyl groups excluding tert-OH is 1. The second-order valence-electron chi connectivity index (χ2n) is 7.84. The topological polar surface area (TPSA) is 152 Å². The number of hydrogen-bond donors (Lipinski definition) is 2. The molecule has 13 heteroatoms. The second kappa shape index (κ2) is 9.44.